The topological polar surface area (TPSA) is 16.4 Å². The van der Waals surface area contributed by atoms with Crippen LogP contribution in [0.2, 0.25) is 0 Å². The number of benzene rings is 9. The summed E-state index contributed by atoms with van der Waals surface area (Å²) in [4.78, 5) is 2.47. The van der Waals surface area contributed by atoms with Crippen LogP contribution in [0, 0.1) is 0 Å². The standard InChI is InChI=1S/C50H31NOS/c1-2-11-32(12-3-1)33-21-23-35(24-22-33)39-28-29-44(49-41-17-6-8-19-45(41)52-50(39)49)51(37-27-30-47-42(31-37)40-16-7-9-20-46(40)53-47)43-18-10-14-36-26-25-34-13-4-5-15-38(34)48(36)43/h1-31H. The van der Waals surface area contributed by atoms with Gasteiger partial charge in [-0.05, 0) is 81.4 Å². The van der Waals surface area contributed by atoms with Gasteiger partial charge < -0.3 is 9.32 Å². The lowest BCUT2D eigenvalue weighted by molar-refractivity contribution is 0.670. The highest BCUT2D eigenvalue weighted by molar-refractivity contribution is 7.25. The van der Waals surface area contributed by atoms with Crippen LogP contribution < -0.4 is 4.90 Å². The minimum atomic E-state index is 0.875. The highest BCUT2D eigenvalue weighted by Crippen LogP contribution is 2.49. The Labute approximate surface area is 310 Å². The zero-order valence-electron chi connectivity index (χ0n) is 28.7. The molecule has 2 heterocycles. The average molecular weight is 694 g/mol. The number of hydrogen-bond acceptors (Lipinski definition) is 3. The van der Waals surface area contributed by atoms with E-state index in [0.717, 1.165) is 50.1 Å². The summed E-state index contributed by atoms with van der Waals surface area (Å²) in [5.74, 6) is 0. The van der Waals surface area contributed by atoms with E-state index in [0.29, 0.717) is 0 Å². The summed E-state index contributed by atoms with van der Waals surface area (Å²) < 4.78 is 9.45. The van der Waals surface area contributed by atoms with Crippen LogP contribution in [-0.2, 0) is 0 Å². The number of fused-ring (bicyclic) bond motifs is 9. The second kappa shape index (κ2) is 11.9. The van der Waals surface area contributed by atoms with E-state index >= 15 is 0 Å². The van der Waals surface area contributed by atoms with Gasteiger partial charge in [-0.25, -0.2) is 0 Å². The fraction of sp³-hybridized carbons (Fsp3) is 0. The first-order valence-electron chi connectivity index (χ1n) is 18.0. The normalized spacial score (nSPS) is 11.8. The Morgan fingerprint density at radius 3 is 1.94 bits per heavy atom. The third-order valence-corrected chi connectivity index (χ3v) is 11.8. The van der Waals surface area contributed by atoms with Crippen molar-refractivity contribution in [1.29, 1.82) is 0 Å². The summed E-state index contributed by atoms with van der Waals surface area (Å²) in [6, 6.07) is 68.0. The molecule has 0 atom stereocenters. The van der Waals surface area contributed by atoms with E-state index in [1.165, 1.54) is 52.8 Å². The second-order valence-corrected chi connectivity index (χ2v) is 14.7. The maximum atomic E-state index is 6.86. The fourth-order valence-electron chi connectivity index (χ4n) is 8.18. The van der Waals surface area contributed by atoms with Crippen molar-refractivity contribution in [2.24, 2.45) is 0 Å². The van der Waals surface area contributed by atoms with E-state index in [2.05, 4.69) is 193 Å². The molecule has 2 aromatic heterocycles. The highest BCUT2D eigenvalue weighted by Gasteiger charge is 2.24. The molecule has 0 spiro atoms. The van der Waals surface area contributed by atoms with Gasteiger partial charge in [0.05, 0.1) is 16.8 Å². The second-order valence-electron chi connectivity index (χ2n) is 13.7. The lowest BCUT2D eigenvalue weighted by Gasteiger charge is -2.28. The first kappa shape index (κ1) is 30.0. The molecule has 0 amide bonds. The maximum absolute atomic E-state index is 6.86. The van der Waals surface area contributed by atoms with E-state index in [-0.39, 0.29) is 0 Å². The van der Waals surface area contributed by atoms with E-state index in [1.54, 1.807) is 0 Å². The van der Waals surface area contributed by atoms with E-state index in [4.69, 9.17) is 4.42 Å². The molecule has 11 rings (SSSR count). The molecular weight excluding hydrogens is 663 g/mol. The zero-order chi connectivity index (χ0) is 34.9. The van der Waals surface area contributed by atoms with Crippen LogP contribution >= 0.6 is 11.3 Å². The van der Waals surface area contributed by atoms with Crippen LogP contribution in [0.4, 0.5) is 17.1 Å². The Morgan fingerprint density at radius 2 is 1.06 bits per heavy atom. The molecule has 2 nitrogen and oxygen atoms in total. The average Bonchev–Trinajstić information content (AvgIpc) is 3.80. The van der Waals surface area contributed by atoms with Gasteiger partial charge in [0.1, 0.15) is 11.2 Å². The molecular formula is C50H31NOS. The SMILES string of the molecule is c1ccc(-c2ccc(-c3ccc(N(c4ccc5sc6ccccc6c5c4)c4cccc5ccc6ccccc6c45)c4c3oc3ccccc34)cc2)cc1. The minimum Gasteiger partial charge on any atom is -0.455 e. The van der Waals surface area contributed by atoms with Crippen LogP contribution in [0.5, 0.6) is 0 Å². The number of anilines is 3. The van der Waals surface area contributed by atoms with Crippen LogP contribution in [0.3, 0.4) is 0 Å². The third-order valence-electron chi connectivity index (χ3n) is 10.7. The van der Waals surface area contributed by atoms with Gasteiger partial charge >= 0.3 is 0 Å². The molecule has 0 saturated carbocycles. The summed E-state index contributed by atoms with van der Waals surface area (Å²) in [6.07, 6.45) is 0. The monoisotopic (exact) mass is 693 g/mol. The van der Waals surface area contributed by atoms with Crippen LogP contribution in [0.1, 0.15) is 0 Å². The number of furan rings is 1. The molecule has 0 aliphatic heterocycles. The van der Waals surface area contributed by atoms with Gasteiger partial charge in [-0.1, -0.05) is 140 Å². The molecule has 0 unspecified atom stereocenters. The molecule has 0 radical (unpaired) electrons. The number of thiophene rings is 1. The fourth-order valence-corrected chi connectivity index (χ4v) is 9.27. The van der Waals surface area contributed by atoms with Crippen LogP contribution in [0.25, 0.3) is 85.9 Å². The molecule has 0 bridgehead atoms. The molecule has 0 N–H and O–H groups in total. The van der Waals surface area contributed by atoms with Crippen molar-refractivity contribution in [3.63, 3.8) is 0 Å². The van der Waals surface area contributed by atoms with Gasteiger partial charge in [0.2, 0.25) is 0 Å². The number of para-hydroxylation sites is 1. The quantitative estimate of drug-likeness (QED) is 0.167. The highest BCUT2D eigenvalue weighted by atomic mass is 32.1. The summed E-state index contributed by atoms with van der Waals surface area (Å²) in [7, 11) is 0. The minimum absolute atomic E-state index is 0.875. The smallest absolute Gasteiger partial charge is 0.145 e. The van der Waals surface area contributed by atoms with Gasteiger partial charge in [-0.3, -0.25) is 0 Å². The van der Waals surface area contributed by atoms with Crippen LogP contribution in [-0.4, -0.2) is 0 Å². The molecule has 248 valence electrons. The van der Waals surface area contributed by atoms with Gasteiger partial charge in [-0.2, -0.15) is 0 Å². The Kier molecular flexibility index (Phi) is 6.76. The summed E-state index contributed by atoms with van der Waals surface area (Å²) in [6.45, 7) is 0. The van der Waals surface area contributed by atoms with E-state index in [9.17, 15) is 0 Å². The first-order chi connectivity index (χ1) is 26.3. The first-order valence-corrected chi connectivity index (χ1v) is 18.8. The maximum Gasteiger partial charge on any atom is 0.145 e. The van der Waals surface area contributed by atoms with Gasteiger partial charge in [0.25, 0.3) is 0 Å². The molecule has 0 aliphatic rings. The third kappa shape index (κ3) is 4.78. The van der Waals surface area contributed by atoms with Crippen molar-refractivity contribution in [2.75, 3.05) is 4.90 Å². The van der Waals surface area contributed by atoms with Gasteiger partial charge in [-0.15, -0.1) is 11.3 Å². The number of nitrogens with zero attached hydrogens (tertiary/aromatic N) is 1. The van der Waals surface area contributed by atoms with Crippen LogP contribution in [0.15, 0.2) is 192 Å². The molecule has 53 heavy (non-hydrogen) atoms. The largest absolute Gasteiger partial charge is 0.455 e. The van der Waals surface area contributed by atoms with E-state index in [1.807, 2.05) is 11.3 Å². The molecule has 0 fully saturated rings. The Morgan fingerprint density at radius 1 is 0.396 bits per heavy atom. The Hall–Kier alpha value is -6.68. The summed E-state index contributed by atoms with van der Waals surface area (Å²) in [5.41, 5.74) is 9.66. The van der Waals surface area contributed by atoms with Crippen molar-refractivity contribution >= 4 is 92.1 Å². The van der Waals surface area contributed by atoms with Crippen molar-refractivity contribution < 1.29 is 4.42 Å². The van der Waals surface area contributed by atoms with Crippen molar-refractivity contribution in [1.82, 2.24) is 0 Å². The Bertz CT molecular complexity index is 3170. The predicted octanol–water partition coefficient (Wildman–Crippen LogP) is 15.1. The lowest BCUT2D eigenvalue weighted by atomic mass is 9.96. The van der Waals surface area contributed by atoms with Crippen molar-refractivity contribution in [2.45, 2.75) is 0 Å². The van der Waals surface area contributed by atoms with Crippen molar-refractivity contribution in [3.8, 4) is 22.3 Å². The zero-order valence-corrected chi connectivity index (χ0v) is 29.5. The molecule has 0 aliphatic carbocycles. The lowest BCUT2D eigenvalue weighted by Crippen LogP contribution is -2.11. The Balaban J connectivity index is 1.21. The molecule has 0 saturated heterocycles. The van der Waals surface area contributed by atoms with Gasteiger partial charge in [0.15, 0.2) is 0 Å². The number of rotatable bonds is 5. The molecule has 9 aromatic carbocycles. The molecule has 11 aromatic rings. The predicted molar refractivity (Wildman–Crippen MR) is 227 cm³/mol. The van der Waals surface area contributed by atoms with E-state index < -0.39 is 0 Å². The van der Waals surface area contributed by atoms with Crippen molar-refractivity contribution in [3.05, 3.63) is 188 Å². The molecule has 3 heteroatoms. The summed E-state index contributed by atoms with van der Waals surface area (Å²) >= 11 is 1.85. The van der Waals surface area contributed by atoms with Gasteiger partial charge in [0, 0.05) is 42.2 Å². The summed E-state index contributed by atoms with van der Waals surface area (Å²) in [5, 5.41) is 9.62. The number of hydrogen-bond donors (Lipinski definition) is 0.